The lowest BCUT2D eigenvalue weighted by atomic mass is 9.70. The van der Waals surface area contributed by atoms with Crippen molar-refractivity contribution in [2.24, 2.45) is 17.6 Å². The van der Waals surface area contributed by atoms with Crippen molar-refractivity contribution in [3.8, 4) is 0 Å². The Kier molecular flexibility index (Phi) is 4.11. The highest BCUT2D eigenvalue weighted by Gasteiger charge is 2.38. The van der Waals surface area contributed by atoms with Crippen LogP contribution in [0.5, 0.6) is 0 Å². The lowest BCUT2D eigenvalue weighted by molar-refractivity contribution is 0.0379. The third-order valence-electron chi connectivity index (χ3n) is 5.68. The van der Waals surface area contributed by atoms with Crippen molar-refractivity contribution in [3.63, 3.8) is 0 Å². The highest BCUT2D eigenvalue weighted by molar-refractivity contribution is 5.30. The number of hydrogen-bond acceptors (Lipinski definition) is 2. The van der Waals surface area contributed by atoms with Crippen LogP contribution in [-0.4, -0.2) is 31.1 Å². The first-order valence-electron chi connectivity index (χ1n) is 8.52. The fourth-order valence-corrected chi connectivity index (χ4v) is 4.26. The van der Waals surface area contributed by atoms with Gasteiger partial charge in [0.1, 0.15) is 0 Å². The van der Waals surface area contributed by atoms with E-state index in [4.69, 9.17) is 5.73 Å². The zero-order chi connectivity index (χ0) is 15.0. The van der Waals surface area contributed by atoms with Gasteiger partial charge >= 0.3 is 0 Å². The number of nitrogens with zero attached hydrogens (tertiary/aromatic N) is 1. The molecular formula is C19H30N2. The van der Waals surface area contributed by atoms with Crippen LogP contribution in [-0.2, 0) is 5.41 Å². The summed E-state index contributed by atoms with van der Waals surface area (Å²) in [5.41, 5.74) is 9.26. The maximum absolute atomic E-state index is 6.17. The molecule has 2 N–H and O–H groups in total. The molecule has 1 aromatic rings. The molecule has 2 atom stereocenters. The van der Waals surface area contributed by atoms with Crippen LogP contribution in [0.2, 0.25) is 0 Å². The Bertz CT molecular complexity index is 463. The van der Waals surface area contributed by atoms with Gasteiger partial charge in [0.05, 0.1) is 0 Å². The predicted octanol–water partition coefficient (Wildman–Crippen LogP) is 3.37. The largest absolute Gasteiger partial charge is 0.330 e. The number of benzene rings is 1. The summed E-state index contributed by atoms with van der Waals surface area (Å²) < 4.78 is 0. The molecule has 1 aromatic carbocycles. The Hall–Kier alpha value is -0.860. The van der Waals surface area contributed by atoms with E-state index in [0.717, 1.165) is 18.4 Å². The van der Waals surface area contributed by atoms with Gasteiger partial charge in [-0.3, -0.25) is 0 Å². The number of piperidine rings is 3. The van der Waals surface area contributed by atoms with E-state index >= 15 is 0 Å². The summed E-state index contributed by atoms with van der Waals surface area (Å²) in [7, 11) is 0. The Morgan fingerprint density at radius 2 is 1.76 bits per heavy atom. The quantitative estimate of drug-likeness (QED) is 0.923. The molecule has 0 aromatic heterocycles. The van der Waals surface area contributed by atoms with Gasteiger partial charge in [0.15, 0.2) is 0 Å². The molecule has 21 heavy (non-hydrogen) atoms. The maximum Gasteiger partial charge on any atom is 0.00187 e. The van der Waals surface area contributed by atoms with Crippen molar-refractivity contribution in [1.82, 2.24) is 4.90 Å². The third kappa shape index (κ3) is 3.02. The first kappa shape index (κ1) is 15.1. The maximum atomic E-state index is 6.17. The van der Waals surface area contributed by atoms with E-state index in [1.807, 2.05) is 0 Å². The molecule has 0 amide bonds. The van der Waals surface area contributed by atoms with E-state index in [0.29, 0.717) is 5.92 Å². The summed E-state index contributed by atoms with van der Waals surface area (Å²) in [6.07, 6.45) is 2.75. The topological polar surface area (TPSA) is 29.3 Å². The van der Waals surface area contributed by atoms with Crippen molar-refractivity contribution in [3.05, 3.63) is 35.4 Å². The molecule has 116 valence electrons. The Balaban J connectivity index is 1.80. The first-order valence-corrected chi connectivity index (χ1v) is 8.52. The van der Waals surface area contributed by atoms with Crippen LogP contribution in [0.3, 0.4) is 0 Å². The van der Waals surface area contributed by atoms with Crippen LogP contribution in [0, 0.1) is 11.8 Å². The van der Waals surface area contributed by atoms with Crippen molar-refractivity contribution >= 4 is 0 Å². The summed E-state index contributed by atoms with van der Waals surface area (Å²) >= 11 is 0. The van der Waals surface area contributed by atoms with Crippen LogP contribution >= 0.6 is 0 Å². The minimum atomic E-state index is 0.229. The van der Waals surface area contributed by atoms with Gasteiger partial charge in [-0.05, 0) is 60.9 Å². The van der Waals surface area contributed by atoms with E-state index in [2.05, 4.69) is 49.9 Å². The Labute approximate surface area is 129 Å². The first-order chi connectivity index (χ1) is 9.99. The molecule has 3 heterocycles. The summed E-state index contributed by atoms with van der Waals surface area (Å²) in [5, 5.41) is 0. The van der Waals surface area contributed by atoms with Crippen LogP contribution < -0.4 is 5.73 Å². The number of nitrogens with two attached hydrogens (primary N) is 1. The highest BCUT2D eigenvalue weighted by atomic mass is 15.1. The standard InChI is InChI=1S/C19H30N2/c1-19(2,3)16-6-4-14(5-7-16)17(12-20)18-13-21-10-8-15(18)9-11-21/h4-7,15,17-18H,8-13,20H2,1-3H3. The summed E-state index contributed by atoms with van der Waals surface area (Å²) in [6, 6.07) is 9.27. The highest BCUT2D eigenvalue weighted by Crippen LogP contribution is 2.40. The van der Waals surface area contributed by atoms with E-state index in [9.17, 15) is 0 Å². The zero-order valence-corrected chi connectivity index (χ0v) is 13.8. The fourth-order valence-electron chi connectivity index (χ4n) is 4.26. The molecule has 0 spiro atoms. The SMILES string of the molecule is CC(C)(C)c1ccc(C(CN)C2CN3CCC2CC3)cc1. The van der Waals surface area contributed by atoms with Crippen molar-refractivity contribution in [2.75, 3.05) is 26.2 Å². The second-order valence-electron chi connectivity index (χ2n) is 8.02. The van der Waals surface area contributed by atoms with Gasteiger partial charge < -0.3 is 10.6 Å². The van der Waals surface area contributed by atoms with Crippen LogP contribution in [0.4, 0.5) is 0 Å². The second-order valence-corrected chi connectivity index (χ2v) is 8.02. The summed E-state index contributed by atoms with van der Waals surface area (Å²) in [5.74, 6) is 2.19. The van der Waals surface area contributed by atoms with Gasteiger partial charge in [-0.15, -0.1) is 0 Å². The average molecular weight is 286 g/mol. The molecule has 2 nitrogen and oxygen atoms in total. The van der Waals surface area contributed by atoms with E-state index < -0.39 is 0 Å². The average Bonchev–Trinajstić information content (AvgIpc) is 2.49. The van der Waals surface area contributed by atoms with Crippen LogP contribution in [0.25, 0.3) is 0 Å². The number of rotatable bonds is 3. The van der Waals surface area contributed by atoms with Crippen LogP contribution in [0.1, 0.15) is 50.7 Å². The van der Waals surface area contributed by atoms with E-state index in [-0.39, 0.29) is 5.41 Å². The van der Waals surface area contributed by atoms with Gasteiger partial charge in [-0.2, -0.15) is 0 Å². The van der Waals surface area contributed by atoms with Gasteiger partial charge in [0, 0.05) is 12.5 Å². The normalized spacial score (nSPS) is 30.4. The molecule has 3 saturated heterocycles. The monoisotopic (exact) mass is 286 g/mol. The minimum absolute atomic E-state index is 0.229. The third-order valence-corrected chi connectivity index (χ3v) is 5.68. The second kappa shape index (κ2) is 5.73. The molecule has 2 bridgehead atoms. The minimum Gasteiger partial charge on any atom is -0.330 e. The Morgan fingerprint density at radius 3 is 2.19 bits per heavy atom. The molecular weight excluding hydrogens is 256 g/mol. The molecule has 0 aliphatic carbocycles. The smallest absolute Gasteiger partial charge is 0.00187 e. The van der Waals surface area contributed by atoms with E-state index in [1.165, 1.54) is 43.6 Å². The Morgan fingerprint density at radius 1 is 1.14 bits per heavy atom. The van der Waals surface area contributed by atoms with Crippen molar-refractivity contribution in [1.29, 1.82) is 0 Å². The van der Waals surface area contributed by atoms with Crippen molar-refractivity contribution in [2.45, 2.75) is 44.9 Å². The molecule has 2 unspecified atom stereocenters. The fraction of sp³-hybridized carbons (Fsp3) is 0.684. The number of hydrogen-bond donors (Lipinski definition) is 1. The summed E-state index contributed by atoms with van der Waals surface area (Å²) in [6.45, 7) is 11.5. The van der Waals surface area contributed by atoms with E-state index in [1.54, 1.807) is 0 Å². The molecule has 3 fully saturated rings. The molecule has 4 rings (SSSR count). The lowest BCUT2D eigenvalue weighted by Gasteiger charge is -2.47. The van der Waals surface area contributed by atoms with Crippen LogP contribution in [0.15, 0.2) is 24.3 Å². The molecule has 3 aliphatic heterocycles. The van der Waals surface area contributed by atoms with Gasteiger partial charge in [-0.1, -0.05) is 45.0 Å². The predicted molar refractivity (Wildman–Crippen MR) is 89.6 cm³/mol. The molecule has 0 radical (unpaired) electrons. The summed E-state index contributed by atoms with van der Waals surface area (Å²) in [4.78, 5) is 2.64. The number of fused-ring (bicyclic) bond motifs is 3. The van der Waals surface area contributed by atoms with Gasteiger partial charge in [-0.25, -0.2) is 0 Å². The van der Waals surface area contributed by atoms with Crippen molar-refractivity contribution < 1.29 is 0 Å². The lowest BCUT2D eigenvalue weighted by Crippen LogP contribution is -2.50. The zero-order valence-electron chi connectivity index (χ0n) is 13.8. The van der Waals surface area contributed by atoms with Gasteiger partial charge in [0.25, 0.3) is 0 Å². The molecule has 3 aliphatic rings. The molecule has 0 saturated carbocycles. The molecule has 2 heteroatoms. The van der Waals surface area contributed by atoms with Gasteiger partial charge in [0.2, 0.25) is 0 Å².